The highest BCUT2D eigenvalue weighted by Crippen LogP contribution is 2.44. The number of benzene rings is 2. The molecule has 1 aliphatic carbocycles. The van der Waals surface area contributed by atoms with Crippen molar-refractivity contribution < 1.29 is 19.7 Å². The second-order valence-corrected chi connectivity index (χ2v) is 7.33. The van der Waals surface area contributed by atoms with Gasteiger partial charge in [-0.2, -0.15) is 0 Å². The summed E-state index contributed by atoms with van der Waals surface area (Å²) in [7, 11) is 0. The molecule has 0 fully saturated rings. The third kappa shape index (κ3) is 4.20. The second kappa shape index (κ2) is 9.07. The predicted octanol–water partition coefficient (Wildman–Crippen LogP) is 3.40. The van der Waals surface area contributed by atoms with E-state index < -0.39 is 18.3 Å². The first-order valence-corrected chi connectivity index (χ1v) is 10.00. The molecule has 1 aliphatic rings. The summed E-state index contributed by atoms with van der Waals surface area (Å²) in [6.45, 7) is 0.433. The van der Waals surface area contributed by atoms with Crippen LogP contribution in [0.3, 0.4) is 0 Å². The number of ether oxygens (including phenoxy) is 1. The van der Waals surface area contributed by atoms with Gasteiger partial charge in [-0.05, 0) is 46.4 Å². The number of amides is 1. The Morgan fingerprint density at radius 1 is 0.967 bits per heavy atom. The highest BCUT2D eigenvalue weighted by atomic mass is 16.5. The van der Waals surface area contributed by atoms with Crippen molar-refractivity contribution in [1.82, 2.24) is 10.3 Å². The molecule has 4 rings (SSSR count). The molecule has 1 aromatic heterocycles. The van der Waals surface area contributed by atoms with E-state index in [2.05, 4.69) is 34.6 Å². The quantitative estimate of drug-likeness (QED) is 0.561. The molecule has 30 heavy (non-hydrogen) atoms. The number of aliphatic hydroxyl groups excluding tert-OH is 2. The van der Waals surface area contributed by atoms with Crippen LogP contribution in [-0.2, 0) is 4.74 Å². The first kappa shape index (κ1) is 20.1. The van der Waals surface area contributed by atoms with Crippen molar-refractivity contribution in [3.63, 3.8) is 0 Å². The molecule has 2 atom stereocenters. The third-order valence-electron chi connectivity index (χ3n) is 5.47. The van der Waals surface area contributed by atoms with Crippen molar-refractivity contribution in [2.75, 3.05) is 13.2 Å². The molecule has 0 spiro atoms. The van der Waals surface area contributed by atoms with Gasteiger partial charge in [-0.1, -0.05) is 48.5 Å². The van der Waals surface area contributed by atoms with E-state index in [1.807, 2.05) is 24.3 Å². The zero-order chi connectivity index (χ0) is 20.9. The summed E-state index contributed by atoms with van der Waals surface area (Å²) in [5.74, 6) is 0.00209. The van der Waals surface area contributed by atoms with E-state index in [1.165, 1.54) is 11.1 Å². The first-order valence-electron chi connectivity index (χ1n) is 10.00. The Morgan fingerprint density at radius 2 is 1.57 bits per heavy atom. The van der Waals surface area contributed by atoms with Gasteiger partial charge in [0.1, 0.15) is 12.7 Å². The number of nitrogens with one attached hydrogen (secondary N) is 1. The lowest BCUT2D eigenvalue weighted by Crippen LogP contribution is -2.30. The van der Waals surface area contributed by atoms with Crippen LogP contribution in [0, 0.1) is 0 Å². The average molecular weight is 404 g/mol. The average Bonchev–Trinajstić information content (AvgIpc) is 3.11. The number of carbonyl (C=O) groups is 1. The summed E-state index contributed by atoms with van der Waals surface area (Å²) in [6, 6.07) is 19.6. The van der Waals surface area contributed by atoms with Crippen LogP contribution < -0.4 is 5.32 Å². The molecule has 0 saturated heterocycles. The maximum absolute atomic E-state index is 12.2. The molecule has 0 bridgehead atoms. The Morgan fingerprint density at radius 3 is 2.20 bits per heavy atom. The highest BCUT2D eigenvalue weighted by Gasteiger charge is 2.29. The molecule has 0 radical (unpaired) electrons. The number of rotatable bonds is 7. The number of aliphatic hydroxyl groups is 2. The summed E-state index contributed by atoms with van der Waals surface area (Å²) in [6.07, 6.45) is 0.745. The van der Waals surface area contributed by atoms with Gasteiger partial charge in [0.25, 0.3) is 0 Å². The van der Waals surface area contributed by atoms with Crippen molar-refractivity contribution >= 4 is 6.09 Å². The normalized spacial score (nSPS) is 14.5. The largest absolute Gasteiger partial charge is 0.449 e. The summed E-state index contributed by atoms with van der Waals surface area (Å²) in [5.41, 5.74) is 5.24. The van der Waals surface area contributed by atoms with Gasteiger partial charge < -0.3 is 20.3 Å². The molecule has 2 unspecified atom stereocenters. The van der Waals surface area contributed by atoms with Crippen LogP contribution in [0.4, 0.5) is 4.79 Å². The molecule has 1 heterocycles. The minimum atomic E-state index is -1.03. The lowest BCUT2D eigenvalue weighted by atomic mass is 9.98. The van der Waals surface area contributed by atoms with Crippen molar-refractivity contribution in [3.8, 4) is 11.1 Å². The van der Waals surface area contributed by atoms with Crippen LogP contribution >= 0.6 is 0 Å². The molecular formula is C24H24N2O4. The minimum Gasteiger partial charge on any atom is -0.449 e. The van der Waals surface area contributed by atoms with Crippen LogP contribution in [0.15, 0.2) is 73.1 Å². The molecule has 3 N–H and O–H groups in total. The monoisotopic (exact) mass is 404 g/mol. The molecule has 2 aromatic carbocycles. The van der Waals surface area contributed by atoms with Gasteiger partial charge in [0.2, 0.25) is 0 Å². The summed E-state index contributed by atoms with van der Waals surface area (Å²) >= 11 is 0. The van der Waals surface area contributed by atoms with E-state index in [9.17, 15) is 15.0 Å². The number of hydrogen-bond acceptors (Lipinski definition) is 5. The van der Waals surface area contributed by atoms with Gasteiger partial charge in [0, 0.05) is 24.9 Å². The SMILES string of the molecule is O=C(NCCC(O)C(O)c1ccncc1)OCC1c2ccccc2-c2ccccc21. The molecular weight excluding hydrogens is 380 g/mol. The first-order chi connectivity index (χ1) is 14.6. The topological polar surface area (TPSA) is 91.7 Å². The zero-order valence-corrected chi connectivity index (χ0v) is 16.4. The number of carbonyl (C=O) groups excluding carboxylic acids is 1. The van der Waals surface area contributed by atoms with Gasteiger partial charge >= 0.3 is 6.09 Å². The van der Waals surface area contributed by atoms with Gasteiger partial charge in [-0.25, -0.2) is 4.79 Å². The number of nitrogens with zero attached hydrogens (tertiary/aromatic N) is 1. The smallest absolute Gasteiger partial charge is 0.407 e. The van der Waals surface area contributed by atoms with E-state index >= 15 is 0 Å². The minimum absolute atomic E-state index is 0.00209. The lowest BCUT2D eigenvalue weighted by molar-refractivity contribution is 0.0136. The Bertz CT molecular complexity index is 963. The van der Waals surface area contributed by atoms with Crippen LogP contribution in [0.5, 0.6) is 0 Å². The molecule has 0 saturated carbocycles. The van der Waals surface area contributed by atoms with Gasteiger partial charge in [-0.15, -0.1) is 0 Å². The van der Waals surface area contributed by atoms with Crippen LogP contribution in [0.25, 0.3) is 11.1 Å². The van der Waals surface area contributed by atoms with E-state index in [4.69, 9.17) is 4.74 Å². The van der Waals surface area contributed by atoms with E-state index in [1.54, 1.807) is 24.5 Å². The molecule has 0 aliphatic heterocycles. The van der Waals surface area contributed by atoms with Gasteiger partial charge in [0.05, 0.1) is 6.10 Å². The number of alkyl carbamates (subject to hydrolysis) is 1. The lowest BCUT2D eigenvalue weighted by Gasteiger charge is -2.18. The molecule has 1 amide bonds. The summed E-state index contributed by atoms with van der Waals surface area (Å²) in [4.78, 5) is 16.0. The summed E-state index contributed by atoms with van der Waals surface area (Å²) in [5, 5.41) is 23.0. The number of pyridine rings is 1. The Labute approximate surface area is 175 Å². The van der Waals surface area contributed by atoms with Gasteiger partial charge in [0.15, 0.2) is 0 Å². The second-order valence-electron chi connectivity index (χ2n) is 7.33. The van der Waals surface area contributed by atoms with Gasteiger partial charge in [-0.3, -0.25) is 4.98 Å². The van der Waals surface area contributed by atoms with E-state index in [-0.39, 0.29) is 25.5 Å². The fraction of sp³-hybridized carbons (Fsp3) is 0.250. The molecule has 3 aromatic rings. The fourth-order valence-electron chi connectivity index (χ4n) is 3.91. The van der Waals surface area contributed by atoms with Crippen molar-refractivity contribution in [2.45, 2.75) is 24.5 Å². The number of fused-ring (bicyclic) bond motifs is 3. The Hall–Kier alpha value is -3.22. The Kier molecular flexibility index (Phi) is 6.07. The molecule has 154 valence electrons. The van der Waals surface area contributed by atoms with Crippen molar-refractivity contribution in [2.24, 2.45) is 0 Å². The zero-order valence-electron chi connectivity index (χ0n) is 16.4. The predicted molar refractivity (Wildman–Crippen MR) is 113 cm³/mol. The maximum atomic E-state index is 12.2. The van der Waals surface area contributed by atoms with Crippen LogP contribution in [-0.4, -0.2) is 40.5 Å². The number of aromatic nitrogens is 1. The fourth-order valence-corrected chi connectivity index (χ4v) is 3.91. The van der Waals surface area contributed by atoms with E-state index in [0.717, 1.165) is 11.1 Å². The highest BCUT2D eigenvalue weighted by molar-refractivity contribution is 5.79. The van der Waals surface area contributed by atoms with Crippen molar-refractivity contribution in [1.29, 1.82) is 0 Å². The third-order valence-corrected chi connectivity index (χ3v) is 5.47. The summed E-state index contributed by atoms with van der Waals surface area (Å²) < 4.78 is 5.46. The maximum Gasteiger partial charge on any atom is 0.407 e. The van der Waals surface area contributed by atoms with Crippen molar-refractivity contribution in [3.05, 3.63) is 89.7 Å². The van der Waals surface area contributed by atoms with Crippen LogP contribution in [0.1, 0.15) is 35.1 Å². The molecule has 6 heteroatoms. The van der Waals surface area contributed by atoms with E-state index in [0.29, 0.717) is 5.56 Å². The molecule has 6 nitrogen and oxygen atoms in total. The number of hydrogen-bond donors (Lipinski definition) is 3. The Balaban J connectivity index is 1.28. The standard InChI is InChI=1S/C24H24N2O4/c27-22(23(28)16-9-12-25-13-10-16)11-14-26-24(29)30-15-21-19-7-3-1-5-17(19)18-6-2-4-8-20(18)21/h1-10,12-13,21-23,27-28H,11,14-15H2,(H,26,29). The van der Waals surface area contributed by atoms with Crippen LogP contribution in [0.2, 0.25) is 0 Å².